The Bertz CT molecular complexity index is 1350. The second kappa shape index (κ2) is 10.8. The van der Waals surface area contributed by atoms with Crippen molar-refractivity contribution in [2.75, 3.05) is 56.6 Å². The second-order valence-electron chi connectivity index (χ2n) is 11.6. The van der Waals surface area contributed by atoms with Crippen molar-refractivity contribution in [2.24, 2.45) is 11.3 Å². The molecule has 0 saturated carbocycles. The van der Waals surface area contributed by atoms with Crippen LogP contribution in [0.15, 0.2) is 52.9 Å². The van der Waals surface area contributed by atoms with Crippen molar-refractivity contribution in [3.8, 4) is 5.75 Å². The lowest BCUT2D eigenvalue weighted by Crippen LogP contribution is -2.42. The third-order valence-corrected chi connectivity index (χ3v) is 10.3. The minimum atomic E-state index is 0.322. The first-order chi connectivity index (χ1) is 19.6. The van der Waals surface area contributed by atoms with E-state index in [1.807, 2.05) is 30.9 Å². The molecule has 2 saturated heterocycles. The van der Waals surface area contributed by atoms with Gasteiger partial charge in [-0.25, -0.2) is 15.0 Å². The number of piperidine rings is 1. The van der Waals surface area contributed by atoms with Gasteiger partial charge < -0.3 is 24.0 Å². The zero-order valence-electron chi connectivity index (χ0n) is 23.2. The van der Waals surface area contributed by atoms with Crippen LogP contribution in [-0.4, -0.2) is 72.7 Å². The normalized spacial score (nSPS) is 24.5. The van der Waals surface area contributed by atoms with E-state index in [9.17, 15) is 0 Å². The first-order valence-electron chi connectivity index (χ1n) is 14.3. The highest BCUT2D eigenvalue weighted by atomic mass is 32.2. The largest absolute Gasteiger partial charge is 0.486 e. The van der Waals surface area contributed by atoms with Crippen LogP contribution in [0.2, 0.25) is 0 Å². The summed E-state index contributed by atoms with van der Waals surface area (Å²) in [5, 5.41) is 0.856. The summed E-state index contributed by atoms with van der Waals surface area (Å²) in [6.07, 6.45) is 12.0. The van der Waals surface area contributed by atoms with E-state index in [1.165, 1.54) is 11.3 Å². The summed E-state index contributed by atoms with van der Waals surface area (Å²) < 4.78 is 16.9. The van der Waals surface area contributed by atoms with Gasteiger partial charge in [-0.05, 0) is 54.7 Å². The van der Waals surface area contributed by atoms with Crippen molar-refractivity contribution in [3.63, 3.8) is 0 Å². The molecule has 3 aromatic rings. The van der Waals surface area contributed by atoms with Crippen molar-refractivity contribution in [2.45, 2.75) is 54.5 Å². The number of anilines is 2. The smallest absolute Gasteiger partial charge is 0.175 e. The summed E-state index contributed by atoms with van der Waals surface area (Å²) in [7, 11) is 1.65. The minimum absolute atomic E-state index is 0.322. The van der Waals surface area contributed by atoms with Crippen LogP contribution in [0.5, 0.6) is 5.75 Å². The van der Waals surface area contributed by atoms with Crippen LogP contribution in [0.1, 0.15) is 43.4 Å². The van der Waals surface area contributed by atoms with Crippen molar-refractivity contribution < 1.29 is 14.2 Å². The number of methoxy groups -OCH3 is 1. The Morgan fingerprint density at radius 3 is 2.80 bits per heavy atom. The summed E-state index contributed by atoms with van der Waals surface area (Å²) in [6, 6.07) is 6.68. The Labute approximate surface area is 239 Å². The van der Waals surface area contributed by atoms with E-state index in [0.717, 1.165) is 72.6 Å². The van der Waals surface area contributed by atoms with Crippen molar-refractivity contribution in [1.82, 2.24) is 19.9 Å². The minimum Gasteiger partial charge on any atom is -0.486 e. The molecule has 10 heteroatoms. The van der Waals surface area contributed by atoms with Crippen molar-refractivity contribution >= 4 is 23.4 Å². The van der Waals surface area contributed by atoms with Gasteiger partial charge >= 0.3 is 0 Å². The summed E-state index contributed by atoms with van der Waals surface area (Å²) in [5.74, 6) is 3.72. The molecule has 4 aliphatic rings. The first kappa shape index (κ1) is 26.0. The third-order valence-electron chi connectivity index (χ3n) is 9.34. The van der Waals surface area contributed by atoms with Gasteiger partial charge in [-0.2, -0.15) is 0 Å². The fourth-order valence-corrected chi connectivity index (χ4v) is 7.92. The first-order valence-corrected chi connectivity index (χ1v) is 15.1. The zero-order valence-corrected chi connectivity index (χ0v) is 24.0. The molecule has 1 spiro atoms. The number of hydrogen-bond acceptors (Lipinski definition) is 10. The van der Waals surface area contributed by atoms with Gasteiger partial charge in [-0.15, -0.1) is 0 Å². The molecule has 0 aromatic carbocycles. The monoisotopic (exact) mass is 560 g/mol. The Balaban J connectivity index is 0.994. The molecule has 0 bridgehead atoms. The number of aromatic nitrogens is 4. The van der Waals surface area contributed by atoms with Crippen molar-refractivity contribution in [1.29, 1.82) is 0 Å². The standard InChI is InChI=1S/C30H36N6O3S/c1-20-23-4-3-8-31-24(23)13-30(20)6-10-35(11-7-30)26-14-34-27(15-33-26)40-25-5-9-32-29-28(25)39-18-22-12-21(16-36(22)29)17-38-19-37-2/h3-5,8-9,14-15,20-22H,6-7,10-13,16-19H2,1-2H3/t20-,21?,22+/m1/s1. The van der Waals surface area contributed by atoms with Crippen LogP contribution in [0.25, 0.3) is 0 Å². The SMILES string of the molecule is COCOCC1C[C@H]2COc3c(Sc4cnc(N5CCC6(CC5)Cc5ncccc5[C@H]6C)cn4)ccnc3N2C1. The third kappa shape index (κ3) is 4.69. The Morgan fingerprint density at radius 1 is 1.10 bits per heavy atom. The summed E-state index contributed by atoms with van der Waals surface area (Å²) >= 11 is 1.59. The molecule has 1 aliphatic carbocycles. The van der Waals surface area contributed by atoms with Gasteiger partial charge in [0.15, 0.2) is 11.6 Å². The predicted octanol–water partition coefficient (Wildman–Crippen LogP) is 4.57. The van der Waals surface area contributed by atoms with Gasteiger partial charge in [0.25, 0.3) is 0 Å². The number of rotatable bonds is 7. The predicted molar refractivity (Wildman–Crippen MR) is 153 cm³/mol. The van der Waals surface area contributed by atoms with Crippen LogP contribution >= 0.6 is 11.8 Å². The number of hydrogen-bond donors (Lipinski definition) is 0. The quantitative estimate of drug-likeness (QED) is 0.303. The lowest BCUT2D eigenvalue weighted by atomic mass is 9.70. The van der Waals surface area contributed by atoms with Crippen LogP contribution in [0.4, 0.5) is 11.6 Å². The maximum atomic E-state index is 6.26. The summed E-state index contributed by atoms with van der Waals surface area (Å²) in [6.45, 7) is 6.98. The average molecular weight is 561 g/mol. The molecule has 3 aromatic heterocycles. The lowest BCUT2D eigenvalue weighted by molar-refractivity contribution is -0.0414. The molecular weight excluding hydrogens is 524 g/mol. The zero-order chi connectivity index (χ0) is 27.1. The Kier molecular flexibility index (Phi) is 7.01. The van der Waals surface area contributed by atoms with E-state index in [0.29, 0.717) is 43.3 Å². The van der Waals surface area contributed by atoms with Gasteiger partial charge in [-0.3, -0.25) is 4.98 Å². The van der Waals surface area contributed by atoms with E-state index in [1.54, 1.807) is 18.9 Å². The molecule has 2 fully saturated rings. The molecule has 0 amide bonds. The molecule has 1 unspecified atom stereocenters. The van der Waals surface area contributed by atoms with Crippen LogP contribution < -0.4 is 14.5 Å². The van der Waals surface area contributed by atoms with Crippen molar-refractivity contribution in [3.05, 3.63) is 54.2 Å². The topological polar surface area (TPSA) is 85.7 Å². The maximum Gasteiger partial charge on any atom is 0.175 e. The molecule has 9 nitrogen and oxygen atoms in total. The average Bonchev–Trinajstić information content (AvgIpc) is 3.53. The molecule has 3 aliphatic heterocycles. The number of pyridine rings is 2. The fourth-order valence-electron chi connectivity index (χ4n) is 7.11. The highest BCUT2D eigenvalue weighted by molar-refractivity contribution is 7.99. The Morgan fingerprint density at radius 2 is 2.00 bits per heavy atom. The summed E-state index contributed by atoms with van der Waals surface area (Å²) in [5.41, 5.74) is 3.06. The van der Waals surface area contributed by atoms with Gasteiger partial charge in [0.05, 0.1) is 29.9 Å². The van der Waals surface area contributed by atoms with Gasteiger partial charge in [0, 0.05) is 50.7 Å². The van der Waals surface area contributed by atoms with E-state index in [-0.39, 0.29) is 0 Å². The highest BCUT2D eigenvalue weighted by Crippen LogP contribution is 2.52. The molecule has 3 atom stereocenters. The maximum absolute atomic E-state index is 6.26. The fraction of sp³-hybridized carbons (Fsp3) is 0.533. The number of ether oxygens (including phenoxy) is 3. The molecule has 6 heterocycles. The lowest BCUT2D eigenvalue weighted by Gasteiger charge is -2.42. The molecule has 210 valence electrons. The van der Waals surface area contributed by atoms with E-state index in [2.05, 4.69) is 33.8 Å². The van der Waals surface area contributed by atoms with Crippen LogP contribution in [-0.2, 0) is 15.9 Å². The molecular formula is C30H36N6O3S. The van der Waals surface area contributed by atoms with E-state index >= 15 is 0 Å². The Hall–Kier alpha value is -2.95. The van der Waals surface area contributed by atoms with Gasteiger partial charge in [0.2, 0.25) is 0 Å². The second-order valence-corrected chi connectivity index (χ2v) is 12.6. The highest BCUT2D eigenvalue weighted by Gasteiger charge is 2.46. The van der Waals surface area contributed by atoms with Gasteiger partial charge in [-0.1, -0.05) is 24.8 Å². The van der Waals surface area contributed by atoms with Gasteiger partial charge in [0.1, 0.15) is 24.2 Å². The van der Waals surface area contributed by atoms with Crippen LogP contribution in [0, 0.1) is 11.3 Å². The van der Waals surface area contributed by atoms with E-state index < -0.39 is 0 Å². The molecule has 0 radical (unpaired) electrons. The molecule has 40 heavy (non-hydrogen) atoms. The molecule has 0 N–H and O–H groups in total. The summed E-state index contributed by atoms with van der Waals surface area (Å²) in [4.78, 5) is 24.8. The van der Waals surface area contributed by atoms with E-state index in [4.69, 9.17) is 29.2 Å². The number of fused-ring (bicyclic) bond motifs is 4. The number of nitrogens with zero attached hydrogens (tertiary/aromatic N) is 6. The van der Waals surface area contributed by atoms with Crippen LogP contribution in [0.3, 0.4) is 0 Å². The molecule has 7 rings (SSSR count).